The van der Waals surface area contributed by atoms with Gasteiger partial charge in [-0.15, -0.1) is 0 Å². The highest BCUT2D eigenvalue weighted by Crippen LogP contribution is 2.11. The van der Waals surface area contributed by atoms with E-state index in [9.17, 15) is 13.5 Å². The molecule has 1 atom stereocenters. The monoisotopic (exact) mass is 332 g/mol. The molecule has 0 bridgehead atoms. The van der Waals surface area contributed by atoms with Crippen LogP contribution < -0.4 is 4.72 Å². The summed E-state index contributed by atoms with van der Waals surface area (Å²) in [6.45, 7) is 1.88. The normalized spacial score (nSPS) is 15.5. The Hall–Kier alpha value is -0.920. The minimum Gasteiger partial charge on any atom is -0.387 e. The topological polar surface area (TPSA) is 69.6 Å². The van der Waals surface area contributed by atoms with E-state index >= 15 is 0 Å². The lowest BCUT2D eigenvalue weighted by Gasteiger charge is -2.26. The summed E-state index contributed by atoms with van der Waals surface area (Å²) in [5.41, 5.74) is -0.408. The number of sulfonamides is 1. The number of hydrogen-bond donors (Lipinski definition) is 2. The third kappa shape index (κ3) is 7.59. The second-order valence-corrected chi connectivity index (χ2v) is 7.54. The molecule has 21 heavy (non-hydrogen) atoms. The number of aliphatic hydroxyl groups is 1. The number of rotatable bonds is 7. The molecule has 0 aliphatic heterocycles. The van der Waals surface area contributed by atoms with E-state index in [1.165, 1.54) is 6.08 Å². The quantitative estimate of drug-likeness (QED) is 0.794. The van der Waals surface area contributed by atoms with Crippen LogP contribution in [-0.4, -0.2) is 51.2 Å². The van der Waals surface area contributed by atoms with Gasteiger partial charge < -0.3 is 10.0 Å². The molecular formula is C14H21ClN2O3S. The summed E-state index contributed by atoms with van der Waals surface area (Å²) in [6, 6.07) is 6.80. The predicted octanol–water partition coefficient (Wildman–Crippen LogP) is 1.54. The lowest BCUT2D eigenvalue weighted by molar-refractivity contribution is 0.0386. The Morgan fingerprint density at radius 1 is 1.33 bits per heavy atom. The van der Waals surface area contributed by atoms with E-state index in [-0.39, 0.29) is 6.54 Å². The van der Waals surface area contributed by atoms with Gasteiger partial charge in [-0.1, -0.05) is 23.7 Å². The summed E-state index contributed by atoms with van der Waals surface area (Å²) < 4.78 is 26.1. The molecule has 118 valence electrons. The van der Waals surface area contributed by atoms with Crippen LogP contribution in [0.2, 0.25) is 5.02 Å². The molecule has 1 aromatic rings. The molecule has 0 aromatic heterocycles. The molecule has 0 aliphatic rings. The third-order valence-electron chi connectivity index (χ3n) is 2.62. The van der Waals surface area contributed by atoms with Crippen LogP contribution in [0.5, 0.6) is 0 Å². The number of nitrogens with zero attached hydrogens (tertiary/aromatic N) is 1. The summed E-state index contributed by atoms with van der Waals surface area (Å²) in [5.74, 6) is 0. The summed E-state index contributed by atoms with van der Waals surface area (Å²) >= 11 is 5.76. The highest BCUT2D eigenvalue weighted by molar-refractivity contribution is 7.92. The molecule has 1 unspecified atom stereocenters. The smallest absolute Gasteiger partial charge is 0.233 e. The van der Waals surface area contributed by atoms with Gasteiger partial charge in [-0.05, 0) is 44.8 Å². The Kier molecular flexibility index (Phi) is 6.37. The van der Waals surface area contributed by atoms with Gasteiger partial charge in [0.05, 0.1) is 5.60 Å². The summed E-state index contributed by atoms with van der Waals surface area (Å²) in [6.07, 6.45) is 1.47. The molecule has 1 rings (SSSR count). The second kappa shape index (κ2) is 7.38. The van der Waals surface area contributed by atoms with E-state index in [1.54, 1.807) is 36.1 Å². The van der Waals surface area contributed by atoms with Crippen molar-refractivity contribution in [1.29, 1.82) is 0 Å². The van der Waals surface area contributed by atoms with Gasteiger partial charge in [-0.2, -0.15) is 0 Å². The zero-order chi connectivity index (χ0) is 16.1. The Balaban J connectivity index is 2.63. The summed E-state index contributed by atoms with van der Waals surface area (Å²) in [4.78, 5) is 1.79. The van der Waals surface area contributed by atoms with Gasteiger partial charge in [0.2, 0.25) is 10.0 Å². The zero-order valence-electron chi connectivity index (χ0n) is 12.4. The van der Waals surface area contributed by atoms with Crippen LogP contribution in [0.1, 0.15) is 12.5 Å². The first-order chi connectivity index (χ1) is 9.60. The summed E-state index contributed by atoms with van der Waals surface area (Å²) in [7, 11) is 0.0169. The van der Waals surface area contributed by atoms with Crippen LogP contribution in [0.25, 0.3) is 6.08 Å². The SMILES string of the molecule is CN(C)CC(C)(O)CNS(=O)(=O)/C=C/c1ccc(Cl)cc1. The standard InChI is InChI=1S/C14H21ClN2O3S/c1-14(18,11-17(2)3)10-16-21(19,20)9-8-12-4-6-13(15)7-5-12/h4-9,16,18H,10-11H2,1-3H3/b9-8+. The van der Waals surface area contributed by atoms with Crippen molar-refractivity contribution >= 4 is 27.7 Å². The van der Waals surface area contributed by atoms with E-state index < -0.39 is 15.6 Å². The van der Waals surface area contributed by atoms with Crippen LogP contribution in [0.15, 0.2) is 29.7 Å². The van der Waals surface area contributed by atoms with Crippen LogP contribution >= 0.6 is 11.6 Å². The van der Waals surface area contributed by atoms with E-state index in [4.69, 9.17) is 11.6 Å². The Morgan fingerprint density at radius 3 is 2.43 bits per heavy atom. The van der Waals surface area contributed by atoms with Crippen molar-refractivity contribution in [1.82, 2.24) is 9.62 Å². The molecule has 2 N–H and O–H groups in total. The third-order valence-corrected chi connectivity index (χ3v) is 3.91. The maximum absolute atomic E-state index is 11.9. The molecular weight excluding hydrogens is 312 g/mol. The van der Waals surface area contributed by atoms with Gasteiger partial charge >= 0.3 is 0 Å². The summed E-state index contributed by atoms with van der Waals surface area (Å²) in [5, 5.41) is 11.7. The molecule has 0 heterocycles. The number of nitrogens with one attached hydrogen (secondary N) is 1. The Bertz CT molecular complexity index is 581. The fourth-order valence-corrected chi connectivity index (χ4v) is 2.85. The molecule has 0 radical (unpaired) electrons. The molecule has 0 aliphatic carbocycles. The Labute approximate surface area is 131 Å². The molecule has 0 spiro atoms. The second-order valence-electron chi connectivity index (χ2n) is 5.46. The molecule has 7 heteroatoms. The van der Waals surface area contributed by atoms with Gasteiger partial charge in [-0.3, -0.25) is 0 Å². The maximum Gasteiger partial charge on any atom is 0.233 e. The fraction of sp³-hybridized carbons (Fsp3) is 0.429. The maximum atomic E-state index is 11.9. The molecule has 0 fully saturated rings. The van der Waals surface area contributed by atoms with Crippen molar-refractivity contribution in [3.63, 3.8) is 0 Å². The van der Waals surface area contributed by atoms with Crippen molar-refractivity contribution < 1.29 is 13.5 Å². The fourth-order valence-electron chi connectivity index (χ4n) is 1.78. The molecule has 5 nitrogen and oxygen atoms in total. The molecule has 1 aromatic carbocycles. The molecule has 0 amide bonds. The zero-order valence-corrected chi connectivity index (χ0v) is 13.9. The number of hydrogen-bond acceptors (Lipinski definition) is 4. The van der Waals surface area contributed by atoms with Crippen molar-refractivity contribution in [2.75, 3.05) is 27.2 Å². The molecule has 0 saturated heterocycles. The van der Waals surface area contributed by atoms with Gasteiger partial charge in [-0.25, -0.2) is 13.1 Å². The van der Waals surface area contributed by atoms with Crippen LogP contribution in [0.3, 0.4) is 0 Å². The van der Waals surface area contributed by atoms with E-state index in [0.717, 1.165) is 11.0 Å². The highest BCUT2D eigenvalue weighted by Gasteiger charge is 2.23. The van der Waals surface area contributed by atoms with Gasteiger partial charge in [0, 0.05) is 23.5 Å². The first-order valence-electron chi connectivity index (χ1n) is 6.40. The lowest BCUT2D eigenvalue weighted by atomic mass is 10.1. The van der Waals surface area contributed by atoms with Crippen LogP contribution in [0, 0.1) is 0 Å². The van der Waals surface area contributed by atoms with Crippen molar-refractivity contribution in [3.8, 4) is 0 Å². The van der Waals surface area contributed by atoms with Crippen molar-refractivity contribution in [2.45, 2.75) is 12.5 Å². The largest absolute Gasteiger partial charge is 0.387 e. The predicted molar refractivity (Wildman–Crippen MR) is 86.6 cm³/mol. The minimum atomic E-state index is -3.60. The van der Waals surface area contributed by atoms with Gasteiger partial charge in [0.1, 0.15) is 0 Å². The highest BCUT2D eigenvalue weighted by atomic mass is 35.5. The first kappa shape index (κ1) is 18.1. The minimum absolute atomic E-state index is 0.0571. The number of likely N-dealkylation sites (N-methyl/N-ethyl adjacent to an activating group) is 1. The van der Waals surface area contributed by atoms with E-state index in [1.807, 2.05) is 14.1 Å². The van der Waals surface area contributed by atoms with Crippen LogP contribution in [0.4, 0.5) is 0 Å². The number of benzene rings is 1. The van der Waals surface area contributed by atoms with Crippen molar-refractivity contribution in [2.24, 2.45) is 0 Å². The Morgan fingerprint density at radius 2 is 1.90 bits per heavy atom. The lowest BCUT2D eigenvalue weighted by Crippen LogP contribution is -2.46. The molecule has 0 saturated carbocycles. The van der Waals surface area contributed by atoms with Crippen LogP contribution in [-0.2, 0) is 10.0 Å². The van der Waals surface area contributed by atoms with E-state index in [0.29, 0.717) is 11.6 Å². The van der Waals surface area contributed by atoms with Gasteiger partial charge in [0.25, 0.3) is 0 Å². The first-order valence-corrected chi connectivity index (χ1v) is 8.32. The van der Waals surface area contributed by atoms with E-state index in [2.05, 4.69) is 4.72 Å². The number of halogens is 1. The average Bonchev–Trinajstić information content (AvgIpc) is 2.35. The van der Waals surface area contributed by atoms with Crippen molar-refractivity contribution in [3.05, 3.63) is 40.3 Å². The average molecular weight is 333 g/mol. The van der Waals surface area contributed by atoms with Gasteiger partial charge in [0.15, 0.2) is 0 Å².